The number of nitrogens with zero attached hydrogens (tertiary/aromatic N) is 2. The molecular formula is C16H25N3O3S. The van der Waals surface area contributed by atoms with Gasteiger partial charge >= 0.3 is 0 Å². The highest BCUT2D eigenvalue weighted by molar-refractivity contribution is 7.91. The quantitative estimate of drug-likeness (QED) is 0.873. The van der Waals surface area contributed by atoms with E-state index in [1.165, 1.54) is 0 Å². The average Bonchev–Trinajstić information content (AvgIpc) is 3.01. The van der Waals surface area contributed by atoms with Gasteiger partial charge in [-0.1, -0.05) is 20.8 Å². The van der Waals surface area contributed by atoms with Crippen molar-refractivity contribution in [1.82, 2.24) is 14.9 Å². The third kappa shape index (κ3) is 3.59. The first kappa shape index (κ1) is 16.5. The Labute approximate surface area is 137 Å². The third-order valence-corrected chi connectivity index (χ3v) is 6.48. The summed E-state index contributed by atoms with van der Waals surface area (Å²) >= 11 is 0. The molecular weight excluding hydrogens is 314 g/mol. The molecule has 0 unspecified atom stereocenters. The number of carbonyl (C=O) groups excluding carboxylic acids is 1. The molecule has 3 heterocycles. The van der Waals surface area contributed by atoms with Crippen molar-refractivity contribution in [3.63, 3.8) is 0 Å². The van der Waals surface area contributed by atoms with E-state index in [1.807, 2.05) is 0 Å². The van der Waals surface area contributed by atoms with Crippen LogP contribution in [-0.4, -0.2) is 41.4 Å². The summed E-state index contributed by atoms with van der Waals surface area (Å²) in [7, 11) is -3.02. The Kier molecular flexibility index (Phi) is 4.02. The van der Waals surface area contributed by atoms with Gasteiger partial charge in [0, 0.05) is 30.6 Å². The van der Waals surface area contributed by atoms with Crippen LogP contribution in [0.1, 0.15) is 45.1 Å². The number of hydrogen-bond acceptors (Lipinski definition) is 4. The molecule has 2 aliphatic heterocycles. The molecule has 0 spiro atoms. The number of nitrogens with one attached hydrogen (secondary N) is 1. The number of imidazole rings is 1. The molecule has 23 heavy (non-hydrogen) atoms. The van der Waals surface area contributed by atoms with Gasteiger partial charge in [-0.2, -0.15) is 0 Å². The van der Waals surface area contributed by atoms with Crippen molar-refractivity contribution in [2.24, 2.45) is 5.92 Å². The zero-order valence-corrected chi connectivity index (χ0v) is 14.8. The summed E-state index contributed by atoms with van der Waals surface area (Å²) in [5.74, 6) is 0.709. The molecule has 3 rings (SSSR count). The van der Waals surface area contributed by atoms with Crippen LogP contribution in [-0.2, 0) is 33.0 Å². The Hall–Kier alpha value is -1.37. The predicted molar refractivity (Wildman–Crippen MR) is 87.9 cm³/mol. The van der Waals surface area contributed by atoms with Crippen molar-refractivity contribution < 1.29 is 13.2 Å². The van der Waals surface area contributed by atoms with Gasteiger partial charge in [0.15, 0.2) is 9.84 Å². The molecule has 0 aliphatic carbocycles. The number of sulfone groups is 1. The van der Waals surface area contributed by atoms with E-state index in [0.717, 1.165) is 24.4 Å². The van der Waals surface area contributed by atoms with Gasteiger partial charge in [-0.25, -0.2) is 13.4 Å². The van der Waals surface area contributed by atoms with E-state index >= 15 is 0 Å². The van der Waals surface area contributed by atoms with Gasteiger partial charge in [0.1, 0.15) is 5.82 Å². The molecule has 0 aromatic carbocycles. The zero-order valence-electron chi connectivity index (χ0n) is 14.0. The number of carbonyl (C=O) groups is 1. The largest absolute Gasteiger partial charge is 0.351 e. The minimum atomic E-state index is -3.02. The molecule has 0 radical (unpaired) electrons. The van der Waals surface area contributed by atoms with E-state index in [0.29, 0.717) is 13.0 Å². The van der Waals surface area contributed by atoms with Crippen LogP contribution in [0.2, 0.25) is 0 Å². The number of aromatic nitrogens is 2. The molecule has 1 saturated heterocycles. The highest BCUT2D eigenvalue weighted by Crippen LogP contribution is 2.25. The van der Waals surface area contributed by atoms with Crippen LogP contribution in [0.3, 0.4) is 0 Å². The number of hydrogen-bond donors (Lipinski definition) is 1. The van der Waals surface area contributed by atoms with Gasteiger partial charge in [0.05, 0.1) is 23.1 Å². The van der Waals surface area contributed by atoms with Crippen molar-refractivity contribution in [2.75, 3.05) is 11.5 Å². The maximum Gasteiger partial charge on any atom is 0.224 e. The van der Waals surface area contributed by atoms with Crippen LogP contribution in [0.15, 0.2) is 6.20 Å². The molecule has 1 aromatic heterocycles. The van der Waals surface area contributed by atoms with Crippen LogP contribution in [0.25, 0.3) is 0 Å². The van der Waals surface area contributed by atoms with Crippen molar-refractivity contribution >= 4 is 15.7 Å². The summed E-state index contributed by atoms with van der Waals surface area (Å²) < 4.78 is 25.1. The zero-order chi connectivity index (χ0) is 16.8. The molecule has 2 aliphatic rings. The van der Waals surface area contributed by atoms with E-state index in [2.05, 4.69) is 36.9 Å². The fraction of sp³-hybridized carbons (Fsp3) is 0.750. The lowest BCUT2D eigenvalue weighted by Gasteiger charge is -2.25. The van der Waals surface area contributed by atoms with Crippen LogP contribution >= 0.6 is 0 Å². The number of rotatable bonds is 2. The first-order chi connectivity index (χ1) is 10.6. The van der Waals surface area contributed by atoms with Gasteiger partial charge in [-0.05, 0) is 12.8 Å². The lowest BCUT2D eigenvalue weighted by atomic mass is 9.93. The normalized spacial score (nSPS) is 26.7. The molecule has 2 atom stereocenters. The van der Waals surface area contributed by atoms with Gasteiger partial charge < -0.3 is 9.88 Å². The van der Waals surface area contributed by atoms with Crippen LogP contribution < -0.4 is 5.32 Å². The maximum atomic E-state index is 12.3. The van der Waals surface area contributed by atoms with Gasteiger partial charge in [-0.15, -0.1) is 0 Å². The lowest BCUT2D eigenvalue weighted by molar-refractivity contribution is -0.125. The number of amides is 1. The van der Waals surface area contributed by atoms with Crippen molar-refractivity contribution in [3.8, 4) is 0 Å². The lowest BCUT2D eigenvalue weighted by Crippen LogP contribution is -2.43. The van der Waals surface area contributed by atoms with E-state index in [-0.39, 0.29) is 34.8 Å². The Bertz CT molecular complexity index is 715. The monoisotopic (exact) mass is 339 g/mol. The summed E-state index contributed by atoms with van der Waals surface area (Å²) in [6.45, 7) is 7.13. The summed E-state index contributed by atoms with van der Waals surface area (Å²) in [6, 6.07) is 0.0559. The highest BCUT2D eigenvalue weighted by Gasteiger charge is 2.34. The molecule has 128 valence electrons. The molecule has 6 nitrogen and oxygen atoms in total. The molecule has 0 saturated carbocycles. The number of fused-ring (bicyclic) bond motifs is 1. The van der Waals surface area contributed by atoms with Crippen molar-refractivity contribution in [2.45, 2.75) is 58.0 Å². The second-order valence-corrected chi connectivity index (χ2v) is 10.0. The topological polar surface area (TPSA) is 81.1 Å². The van der Waals surface area contributed by atoms with Crippen LogP contribution in [0, 0.1) is 5.92 Å². The van der Waals surface area contributed by atoms with Crippen molar-refractivity contribution in [1.29, 1.82) is 0 Å². The van der Waals surface area contributed by atoms with Crippen LogP contribution in [0.4, 0.5) is 0 Å². The second-order valence-electron chi connectivity index (χ2n) is 7.79. The van der Waals surface area contributed by atoms with E-state index in [1.54, 1.807) is 0 Å². The standard InChI is InChI=1S/C16H25N3O3S/c1-16(2,3)13-9-19-8-12(4-5-14(19)18-13)17-15(20)11-6-7-23(21,22)10-11/h9,11-12H,4-8,10H2,1-3H3,(H,17,20)/t11-,12+/m0/s1. The minimum Gasteiger partial charge on any atom is -0.351 e. The second kappa shape index (κ2) is 5.61. The maximum absolute atomic E-state index is 12.3. The number of aryl methyl sites for hydroxylation is 1. The molecule has 1 aromatic rings. The molecule has 1 amide bonds. The molecule has 1 fully saturated rings. The van der Waals surface area contributed by atoms with Gasteiger partial charge in [0.2, 0.25) is 5.91 Å². The Morgan fingerprint density at radius 2 is 2.09 bits per heavy atom. The summed E-state index contributed by atoms with van der Waals surface area (Å²) in [5, 5.41) is 3.04. The smallest absolute Gasteiger partial charge is 0.224 e. The highest BCUT2D eigenvalue weighted by atomic mass is 32.2. The van der Waals surface area contributed by atoms with Gasteiger partial charge in [0.25, 0.3) is 0 Å². The summed E-state index contributed by atoms with van der Waals surface area (Å²) in [4.78, 5) is 17.0. The Balaban J connectivity index is 1.64. The first-order valence-electron chi connectivity index (χ1n) is 8.21. The van der Waals surface area contributed by atoms with Gasteiger partial charge in [-0.3, -0.25) is 4.79 Å². The fourth-order valence-corrected chi connectivity index (χ4v) is 4.99. The molecule has 7 heteroatoms. The van der Waals surface area contributed by atoms with E-state index in [4.69, 9.17) is 4.98 Å². The fourth-order valence-electron chi connectivity index (χ4n) is 3.24. The Morgan fingerprint density at radius 1 is 1.35 bits per heavy atom. The predicted octanol–water partition coefficient (Wildman–Crippen LogP) is 1.05. The summed E-state index contributed by atoms with van der Waals surface area (Å²) in [5.41, 5.74) is 1.09. The molecule has 0 bridgehead atoms. The summed E-state index contributed by atoms with van der Waals surface area (Å²) in [6.07, 6.45) is 4.22. The molecule has 1 N–H and O–H groups in total. The minimum absolute atomic E-state index is 0.00392. The van der Waals surface area contributed by atoms with Crippen molar-refractivity contribution in [3.05, 3.63) is 17.7 Å². The Morgan fingerprint density at radius 3 is 2.70 bits per heavy atom. The third-order valence-electron chi connectivity index (χ3n) is 4.71. The average molecular weight is 339 g/mol. The van der Waals surface area contributed by atoms with E-state index < -0.39 is 9.84 Å². The SMILES string of the molecule is CC(C)(C)c1cn2c(n1)CC[C@@H](NC(=O)[C@H]1CCS(=O)(=O)C1)C2. The van der Waals surface area contributed by atoms with E-state index in [9.17, 15) is 13.2 Å². The first-order valence-corrected chi connectivity index (χ1v) is 10.0. The van der Waals surface area contributed by atoms with Crippen LogP contribution in [0.5, 0.6) is 0 Å².